The lowest BCUT2D eigenvalue weighted by Crippen LogP contribution is -2.37. The highest BCUT2D eigenvalue weighted by molar-refractivity contribution is 6.03. The second-order valence-corrected chi connectivity index (χ2v) is 6.79. The van der Waals surface area contributed by atoms with Gasteiger partial charge in [0.05, 0.1) is 19.1 Å². The first-order valence-electron chi connectivity index (χ1n) is 10.5. The van der Waals surface area contributed by atoms with Crippen molar-refractivity contribution in [2.45, 2.75) is 85.0 Å². The van der Waals surface area contributed by atoms with Crippen molar-refractivity contribution in [3.63, 3.8) is 0 Å². The third-order valence-corrected chi connectivity index (χ3v) is 4.59. The number of ether oxygens (including phenoxy) is 2. The Kier molecular flexibility index (Phi) is 15.5. The van der Waals surface area contributed by atoms with Crippen molar-refractivity contribution in [1.29, 1.82) is 0 Å². The predicted molar refractivity (Wildman–Crippen MR) is 107 cm³/mol. The summed E-state index contributed by atoms with van der Waals surface area (Å²) in [4.78, 5) is 37.0. The maximum absolute atomic E-state index is 12.6. The minimum Gasteiger partial charge on any atom is -0.466 e. The van der Waals surface area contributed by atoms with Gasteiger partial charge in [0.15, 0.2) is 0 Å². The number of esters is 2. The Balaban J connectivity index is 4.49. The van der Waals surface area contributed by atoms with E-state index in [1.807, 2.05) is 0 Å². The summed E-state index contributed by atoms with van der Waals surface area (Å²) in [7, 11) is 0. The summed E-state index contributed by atoms with van der Waals surface area (Å²) < 4.78 is 9.99. The molecular formula is C22H38O5. The predicted octanol–water partition coefficient (Wildman–Crippen LogP) is 5.02. The SMILES string of the molecule is C=CC(C(=O)OCC)C(C(=O)CCCCCCCCCCC)C(=O)OCC. The van der Waals surface area contributed by atoms with Gasteiger partial charge in [-0.1, -0.05) is 64.4 Å². The lowest BCUT2D eigenvalue weighted by atomic mass is 9.86. The van der Waals surface area contributed by atoms with Crippen LogP contribution in [0.4, 0.5) is 0 Å². The molecule has 0 heterocycles. The highest BCUT2D eigenvalue weighted by Gasteiger charge is 2.38. The van der Waals surface area contributed by atoms with E-state index in [1.165, 1.54) is 44.6 Å². The highest BCUT2D eigenvalue weighted by atomic mass is 16.5. The first-order valence-corrected chi connectivity index (χ1v) is 10.5. The van der Waals surface area contributed by atoms with E-state index in [9.17, 15) is 14.4 Å². The van der Waals surface area contributed by atoms with Gasteiger partial charge in [0.2, 0.25) is 0 Å². The lowest BCUT2D eigenvalue weighted by Gasteiger charge is -2.20. The molecule has 0 aromatic carbocycles. The van der Waals surface area contributed by atoms with Crippen molar-refractivity contribution in [1.82, 2.24) is 0 Å². The summed E-state index contributed by atoms with van der Waals surface area (Å²) in [6.45, 7) is 9.51. The van der Waals surface area contributed by atoms with Gasteiger partial charge in [0.25, 0.3) is 0 Å². The Bertz CT molecular complexity index is 444. The molecule has 0 aliphatic heterocycles. The molecule has 0 aliphatic rings. The molecule has 5 nitrogen and oxygen atoms in total. The Labute approximate surface area is 164 Å². The van der Waals surface area contributed by atoms with E-state index in [2.05, 4.69) is 13.5 Å². The third kappa shape index (κ3) is 10.9. The number of hydrogen-bond donors (Lipinski definition) is 0. The summed E-state index contributed by atoms with van der Waals surface area (Å²) in [5, 5.41) is 0. The number of carbonyl (C=O) groups is 3. The summed E-state index contributed by atoms with van der Waals surface area (Å²) >= 11 is 0. The van der Waals surface area contributed by atoms with E-state index < -0.39 is 23.8 Å². The molecule has 0 aliphatic carbocycles. The topological polar surface area (TPSA) is 69.7 Å². The number of rotatable bonds is 17. The molecule has 0 aromatic heterocycles. The fourth-order valence-electron chi connectivity index (χ4n) is 3.08. The van der Waals surface area contributed by atoms with Crippen LogP contribution in [0.1, 0.15) is 85.0 Å². The molecule has 0 saturated carbocycles. The lowest BCUT2D eigenvalue weighted by molar-refractivity contribution is -0.161. The first-order chi connectivity index (χ1) is 13.0. The number of unbranched alkanes of at least 4 members (excludes halogenated alkanes) is 8. The van der Waals surface area contributed by atoms with Gasteiger partial charge in [-0.3, -0.25) is 14.4 Å². The number of carbonyl (C=O) groups excluding carboxylic acids is 3. The molecule has 5 heteroatoms. The van der Waals surface area contributed by atoms with Crippen LogP contribution in [0.15, 0.2) is 12.7 Å². The van der Waals surface area contributed by atoms with Crippen LogP contribution in [0.5, 0.6) is 0 Å². The van der Waals surface area contributed by atoms with E-state index in [0.29, 0.717) is 0 Å². The van der Waals surface area contributed by atoms with Gasteiger partial charge >= 0.3 is 11.9 Å². The Hall–Kier alpha value is -1.65. The second kappa shape index (κ2) is 16.5. The summed E-state index contributed by atoms with van der Waals surface area (Å²) in [5.74, 6) is -3.69. The maximum Gasteiger partial charge on any atom is 0.317 e. The zero-order valence-electron chi connectivity index (χ0n) is 17.5. The number of hydrogen-bond acceptors (Lipinski definition) is 5. The maximum atomic E-state index is 12.6. The van der Waals surface area contributed by atoms with Crippen molar-refractivity contribution >= 4 is 17.7 Å². The largest absolute Gasteiger partial charge is 0.466 e. The molecule has 2 unspecified atom stereocenters. The molecule has 0 fully saturated rings. The van der Waals surface area contributed by atoms with Crippen LogP contribution in [0.3, 0.4) is 0 Å². The van der Waals surface area contributed by atoms with Crippen LogP contribution in [-0.2, 0) is 23.9 Å². The standard InChI is InChI=1S/C22H38O5/c1-5-9-10-11-12-13-14-15-16-17-19(23)20(22(25)27-8-4)18(6-2)21(24)26-7-3/h6,18,20H,2,5,7-17H2,1,3-4H3. The van der Waals surface area contributed by atoms with Gasteiger partial charge < -0.3 is 9.47 Å². The molecular weight excluding hydrogens is 344 g/mol. The van der Waals surface area contributed by atoms with Crippen LogP contribution < -0.4 is 0 Å². The zero-order valence-corrected chi connectivity index (χ0v) is 17.5. The molecule has 0 spiro atoms. The van der Waals surface area contributed by atoms with Crippen LogP contribution in [0, 0.1) is 11.8 Å². The average molecular weight is 383 g/mol. The molecule has 0 N–H and O–H groups in total. The van der Waals surface area contributed by atoms with Crippen LogP contribution in [0.25, 0.3) is 0 Å². The normalized spacial score (nSPS) is 12.9. The molecule has 2 atom stereocenters. The van der Waals surface area contributed by atoms with Crippen molar-refractivity contribution in [3.05, 3.63) is 12.7 Å². The molecule has 0 amide bonds. The molecule has 0 radical (unpaired) electrons. The first kappa shape index (κ1) is 25.4. The van der Waals surface area contributed by atoms with Crippen LogP contribution in [0.2, 0.25) is 0 Å². The minimum atomic E-state index is -1.16. The van der Waals surface area contributed by atoms with Gasteiger partial charge in [-0.25, -0.2) is 0 Å². The fourth-order valence-corrected chi connectivity index (χ4v) is 3.08. The zero-order chi connectivity index (χ0) is 20.5. The van der Waals surface area contributed by atoms with E-state index in [-0.39, 0.29) is 25.4 Å². The second-order valence-electron chi connectivity index (χ2n) is 6.79. The Morgan fingerprint density at radius 1 is 0.778 bits per heavy atom. The molecule has 0 rings (SSSR count). The van der Waals surface area contributed by atoms with Crippen molar-refractivity contribution in [3.8, 4) is 0 Å². The van der Waals surface area contributed by atoms with Crippen LogP contribution >= 0.6 is 0 Å². The number of ketones is 1. The summed E-state index contributed by atoms with van der Waals surface area (Å²) in [5.41, 5.74) is 0. The molecule has 27 heavy (non-hydrogen) atoms. The van der Waals surface area contributed by atoms with Gasteiger partial charge in [0.1, 0.15) is 11.7 Å². The van der Waals surface area contributed by atoms with Crippen LogP contribution in [-0.4, -0.2) is 30.9 Å². The fraction of sp³-hybridized carbons (Fsp3) is 0.773. The molecule has 0 bridgehead atoms. The highest BCUT2D eigenvalue weighted by Crippen LogP contribution is 2.22. The van der Waals surface area contributed by atoms with Gasteiger partial charge in [-0.15, -0.1) is 6.58 Å². The third-order valence-electron chi connectivity index (χ3n) is 4.59. The molecule has 0 saturated heterocycles. The quantitative estimate of drug-likeness (QED) is 0.153. The van der Waals surface area contributed by atoms with Gasteiger partial charge in [0, 0.05) is 6.42 Å². The summed E-state index contributed by atoms with van der Waals surface area (Å²) in [6.07, 6.45) is 11.9. The van der Waals surface area contributed by atoms with Crippen molar-refractivity contribution in [2.75, 3.05) is 13.2 Å². The Morgan fingerprint density at radius 3 is 1.74 bits per heavy atom. The van der Waals surface area contributed by atoms with E-state index in [0.717, 1.165) is 19.3 Å². The van der Waals surface area contributed by atoms with E-state index in [4.69, 9.17) is 9.47 Å². The van der Waals surface area contributed by atoms with Gasteiger partial charge in [-0.2, -0.15) is 0 Å². The summed E-state index contributed by atoms with van der Waals surface area (Å²) in [6, 6.07) is 0. The number of Topliss-reactive ketones (excluding diaryl/α,β-unsaturated/α-hetero) is 1. The smallest absolute Gasteiger partial charge is 0.317 e. The van der Waals surface area contributed by atoms with Gasteiger partial charge in [-0.05, 0) is 20.3 Å². The van der Waals surface area contributed by atoms with Crippen molar-refractivity contribution in [2.24, 2.45) is 11.8 Å². The minimum absolute atomic E-state index is 0.160. The monoisotopic (exact) mass is 382 g/mol. The molecule has 0 aromatic rings. The Morgan fingerprint density at radius 2 is 1.26 bits per heavy atom. The molecule has 156 valence electrons. The van der Waals surface area contributed by atoms with E-state index in [1.54, 1.807) is 13.8 Å². The average Bonchev–Trinajstić information content (AvgIpc) is 2.64. The van der Waals surface area contributed by atoms with Crippen molar-refractivity contribution < 1.29 is 23.9 Å². The van der Waals surface area contributed by atoms with E-state index >= 15 is 0 Å².